The number of carbonyl (C=O) groups is 1. The standard InChI is InChI=1S/C17H20N4O2S/c22-16(20-15(12-1-2-12)17-19-5-10-24-17)14-11-13(3-4-18-14)21-6-8-23-9-7-21/h3-5,10-12,15H,1-2,6-9H2,(H,20,22)/t15-/m0/s1. The smallest absolute Gasteiger partial charge is 0.270 e. The largest absolute Gasteiger partial charge is 0.378 e. The minimum absolute atomic E-state index is 0.00587. The van der Waals surface area contributed by atoms with E-state index in [1.165, 1.54) is 0 Å². The number of ether oxygens (including phenoxy) is 1. The fourth-order valence-electron chi connectivity index (χ4n) is 2.98. The van der Waals surface area contributed by atoms with Gasteiger partial charge in [-0.3, -0.25) is 9.78 Å². The lowest BCUT2D eigenvalue weighted by atomic mass is 10.2. The van der Waals surface area contributed by atoms with Crippen LogP contribution in [0.1, 0.15) is 34.4 Å². The first-order valence-corrected chi connectivity index (χ1v) is 9.18. The lowest BCUT2D eigenvalue weighted by molar-refractivity contribution is 0.0926. The average molecular weight is 344 g/mol. The summed E-state index contributed by atoms with van der Waals surface area (Å²) in [6.07, 6.45) is 5.78. The number of thiazole rings is 1. The molecule has 0 bridgehead atoms. The molecule has 2 aliphatic rings. The number of aromatic nitrogens is 2. The highest BCUT2D eigenvalue weighted by molar-refractivity contribution is 7.09. The Morgan fingerprint density at radius 3 is 2.83 bits per heavy atom. The first kappa shape index (κ1) is 15.5. The first-order valence-electron chi connectivity index (χ1n) is 8.30. The Kier molecular flexibility index (Phi) is 4.44. The summed E-state index contributed by atoms with van der Waals surface area (Å²) < 4.78 is 5.38. The van der Waals surface area contributed by atoms with Gasteiger partial charge in [0, 0.05) is 36.6 Å². The van der Waals surface area contributed by atoms with Gasteiger partial charge in [-0.15, -0.1) is 11.3 Å². The van der Waals surface area contributed by atoms with Crippen molar-refractivity contribution in [2.75, 3.05) is 31.2 Å². The number of pyridine rings is 1. The molecule has 1 aliphatic carbocycles. The normalized spacial score (nSPS) is 19.1. The molecule has 2 fully saturated rings. The Labute approximate surface area is 144 Å². The third kappa shape index (κ3) is 3.42. The van der Waals surface area contributed by atoms with Gasteiger partial charge in [0.05, 0.1) is 19.3 Å². The Balaban J connectivity index is 1.49. The molecular formula is C17H20N4O2S. The summed E-state index contributed by atoms with van der Waals surface area (Å²) in [6, 6.07) is 3.82. The number of anilines is 1. The second-order valence-electron chi connectivity index (χ2n) is 6.16. The maximum absolute atomic E-state index is 12.7. The molecule has 1 amide bonds. The molecule has 7 heteroatoms. The summed E-state index contributed by atoms with van der Waals surface area (Å²) in [7, 11) is 0. The van der Waals surface area contributed by atoms with Crippen LogP contribution >= 0.6 is 11.3 Å². The highest BCUT2D eigenvalue weighted by Gasteiger charge is 2.35. The van der Waals surface area contributed by atoms with Crippen molar-refractivity contribution in [3.05, 3.63) is 40.6 Å². The number of morpholine rings is 1. The van der Waals surface area contributed by atoms with Crippen molar-refractivity contribution in [3.63, 3.8) is 0 Å². The maximum Gasteiger partial charge on any atom is 0.270 e. The molecule has 126 valence electrons. The van der Waals surface area contributed by atoms with E-state index in [0.717, 1.165) is 49.8 Å². The van der Waals surface area contributed by atoms with Crippen LogP contribution in [0.2, 0.25) is 0 Å². The third-order valence-corrected chi connectivity index (χ3v) is 5.31. The Morgan fingerprint density at radius 2 is 2.12 bits per heavy atom. The van der Waals surface area contributed by atoms with Gasteiger partial charge < -0.3 is 15.0 Å². The minimum Gasteiger partial charge on any atom is -0.378 e. The molecule has 0 unspecified atom stereocenters. The number of hydrogen-bond donors (Lipinski definition) is 1. The summed E-state index contributed by atoms with van der Waals surface area (Å²) in [4.78, 5) is 23.5. The summed E-state index contributed by atoms with van der Waals surface area (Å²) in [6.45, 7) is 3.12. The monoisotopic (exact) mass is 344 g/mol. The Bertz CT molecular complexity index is 696. The Hall–Kier alpha value is -1.99. The van der Waals surface area contributed by atoms with E-state index in [0.29, 0.717) is 11.6 Å². The average Bonchev–Trinajstić information content (AvgIpc) is 3.34. The first-order chi connectivity index (χ1) is 11.8. The van der Waals surface area contributed by atoms with Crippen LogP contribution < -0.4 is 10.2 Å². The zero-order chi connectivity index (χ0) is 16.4. The molecule has 1 saturated heterocycles. The van der Waals surface area contributed by atoms with E-state index < -0.39 is 0 Å². The lowest BCUT2D eigenvalue weighted by Crippen LogP contribution is -2.36. The molecule has 4 rings (SSSR count). The van der Waals surface area contributed by atoms with Crippen molar-refractivity contribution in [2.24, 2.45) is 5.92 Å². The van der Waals surface area contributed by atoms with Crippen LogP contribution in [0.25, 0.3) is 0 Å². The SMILES string of the molecule is O=C(N[C@H](c1nccs1)C1CC1)c1cc(N2CCOCC2)ccn1. The maximum atomic E-state index is 12.7. The van der Waals surface area contributed by atoms with E-state index in [9.17, 15) is 4.79 Å². The van der Waals surface area contributed by atoms with Gasteiger partial charge in [-0.1, -0.05) is 0 Å². The van der Waals surface area contributed by atoms with E-state index in [1.54, 1.807) is 23.7 Å². The quantitative estimate of drug-likeness (QED) is 0.901. The molecule has 6 nitrogen and oxygen atoms in total. The van der Waals surface area contributed by atoms with Crippen molar-refractivity contribution in [2.45, 2.75) is 18.9 Å². The fraction of sp³-hybridized carbons (Fsp3) is 0.471. The van der Waals surface area contributed by atoms with Gasteiger partial charge in [0.2, 0.25) is 0 Å². The van der Waals surface area contributed by atoms with Gasteiger partial charge in [0.15, 0.2) is 0 Å². The fourth-order valence-corrected chi connectivity index (χ4v) is 3.76. The number of hydrogen-bond acceptors (Lipinski definition) is 6. The number of carbonyl (C=O) groups excluding carboxylic acids is 1. The molecule has 2 aromatic heterocycles. The summed E-state index contributed by atoms with van der Waals surface area (Å²) in [5.41, 5.74) is 1.48. The van der Waals surface area contributed by atoms with E-state index in [2.05, 4.69) is 20.2 Å². The Morgan fingerprint density at radius 1 is 1.29 bits per heavy atom. The molecular weight excluding hydrogens is 324 g/mol. The molecule has 0 aromatic carbocycles. The second-order valence-corrected chi connectivity index (χ2v) is 7.08. The zero-order valence-corrected chi connectivity index (χ0v) is 14.2. The third-order valence-electron chi connectivity index (χ3n) is 4.45. The van der Waals surface area contributed by atoms with Crippen LogP contribution in [-0.2, 0) is 4.74 Å². The van der Waals surface area contributed by atoms with E-state index >= 15 is 0 Å². The molecule has 1 atom stereocenters. The van der Waals surface area contributed by atoms with Gasteiger partial charge in [-0.25, -0.2) is 4.98 Å². The number of nitrogens with zero attached hydrogens (tertiary/aromatic N) is 3. The van der Waals surface area contributed by atoms with Crippen LogP contribution in [-0.4, -0.2) is 42.2 Å². The van der Waals surface area contributed by atoms with Crippen LogP contribution in [0.3, 0.4) is 0 Å². The molecule has 3 heterocycles. The molecule has 1 saturated carbocycles. The van der Waals surface area contributed by atoms with Crippen molar-refractivity contribution in [1.29, 1.82) is 0 Å². The predicted octanol–water partition coefficient (Wildman–Crippen LogP) is 2.26. The molecule has 0 spiro atoms. The van der Waals surface area contributed by atoms with Crippen LogP contribution in [0.5, 0.6) is 0 Å². The topological polar surface area (TPSA) is 67.4 Å². The van der Waals surface area contributed by atoms with E-state index in [4.69, 9.17) is 4.74 Å². The van der Waals surface area contributed by atoms with Crippen LogP contribution in [0.15, 0.2) is 29.9 Å². The zero-order valence-electron chi connectivity index (χ0n) is 13.4. The lowest BCUT2D eigenvalue weighted by Gasteiger charge is -2.29. The predicted molar refractivity (Wildman–Crippen MR) is 92.3 cm³/mol. The highest BCUT2D eigenvalue weighted by Crippen LogP contribution is 2.41. The molecule has 1 N–H and O–H groups in total. The van der Waals surface area contributed by atoms with Crippen molar-refractivity contribution < 1.29 is 9.53 Å². The minimum atomic E-state index is -0.128. The number of amides is 1. The second kappa shape index (κ2) is 6.86. The van der Waals surface area contributed by atoms with Gasteiger partial charge >= 0.3 is 0 Å². The summed E-state index contributed by atoms with van der Waals surface area (Å²) >= 11 is 1.59. The van der Waals surface area contributed by atoms with Gasteiger partial charge in [-0.2, -0.15) is 0 Å². The van der Waals surface area contributed by atoms with Crippen LogP contribution in [0.4, 0.5) is 5.69 Å². The van der Waals surface area contributed by atoms with Crippen LogP contribution in [0, 0.1) is 5.92 Å². The summed E-state index contributed by atoms with van der Waals surface area (Å²) in [5, 5.41) is 6.07. The van der Waals surface area contributed by atoms with Gasteiger partial charge in [0.25, 0.3) is 5.91 Å². The molecule has 2 aromatic rings. The molecule has 1 aliphatic heterocycles. The van der Waals surface area contributed by atoms with Crippen molar-refractivity contribution in [1.82, 2.24) is 15.3 Å². The van der Waals surface area contributed by atoms with E-state index in [1.807, 2.05) is 17.5 Å². The van der Waals surface area contributed by atoms with Crippen molar-refractivity contribution in [3.8, 4) is 0 Å². The number of nitrogens with one attached hydrogen (secondary N) is 1. The molecule has 0 radical (unpaired) electrons. The van der Waals surface area contributed by atoms with Crippen molar-refractivity contribution >= 4 is 22.9 Å². The molecule has 24 heavy (non-hydrogen) atoms. The van der Waals surface area contributed by atoms with Gasteiger partial charge in [-0.05, 0) is 30.9 Å². The number of rotatable bonds is 5. The van der Waals surface area contributed by atoms with Gasteiger partial charge in [0.1, 0.15) is 10.7 Å². The highest BCUT2D eigenvalue weighted by atomic mass is 32.1. The van der Waals surface area contributed by atoms with E-state index in [-0.39, 0.29) is 11.9 Å². The summed E-state index contributed by atoms with van der Waals surface area (Å²) in [5.74, 6) is 0.375.